The average Bonchev–Trinajstić information content (AvgIpc) is 2.91. The molecule has 1 aromatic heterocycles. The van der Waals surface area contributed by atoms with Crippen LogP contribution in [0.15, 0.2) is 59.6 Å². The van der Waals surface area contributed by atoms with Crippen LogP contribution >= 0.6 is 11.8 Å². The zero-order valence-corrected chi connectivity index (χ0v) is 21.6. The van der Waals surface area contributed by atoms with Gasteiger partial charge in [-0.3, -0.25) is 4.98 Å². The quantitative estimate of drug-likeness (QED) is 0.229. The first kappa shape index (κ1) is 27.7. The van der Waals surface area contributed by atoms with E-state index in [0.29, 0.717) is 24.2 Å². The summed E-state index contributed by atoms with van der Waals surface area (Å²) in [4.78, 5) is 7.42. The summed E-state index contributed by atoms with van der Waals surface area (Å²) >= 11 is 1.52. The van der Waals surface area contributed by atoms with Gasteiger partial charge in [0.05, 0.1) is 18.2 Å². The summed E-state index contributed by atoms with van der Waals surface area (Å²) in [6.45, 7) is 2.44. The summed E-state index contributed by atoms with van der Waals surface area (Å²) < 4.78 is 58.9. The zero-order valence-electron chi connectivity index (χ0n) is 20.8. The van der Waals surface area contributed by atoms with E-state index in [1.54, 1.807) is 19.4 Å². The van der Waals surface area contributed by atoms with Crippen LogP contribution in [0.1, 0.15) is 36.6 Å². The Labute approximate surface area is 219 Å². The molecule has 3 atom stereocenters. The normalized spacial score (nSPS) is 19.7. The van der Waals surface area contributed by atoms with Crippen molar-refractivity contribution in [3.8, 4) is 5.75 Å². The Balaban J connectivity index is 1.27. The van der Waals surface area contributed by atoms with Gasteiger partial charge < -0.3 is 14.7 Å². The van der Waals surface area contributed by atoms with Gasteiger partial charge in [-0.25, -0.2) is 4.39 Å². The van der Waals surface area contributed by atoms with Gasteiger partial charge in [0.1, 0.15) is 11.9 Å². The minimum atomic E-state index is -4.32. The van der Waals surface area contributed by atoms with Gasteiger partial charge in [-0.05, 0) is 91.7 Å². The third kappa shape index (κ3) is 7.15. The van der Waals surface area contributed by atoms with Crippen molar-refractivity contribution in [3.63, 3.8) is 0 Å². The summed E-state index contributed by atoms with van der Waals surface area (Å²) in [5.74, 6) is 1.73. The minimum absolute atomic E-state index is 0.0551. The van der Waals surface area contributed by atoms with E-state index in [1.807, 2.05) is 18.2 Å². The van der Waals surface area contributed by atoms with E-state index in [0.717, 1.165) is 59.7 Å². The Morgan fingerprint density at radius 2 is 1.92 bits per heavy atom. The van der Waals surface area contributed by atoms with Gasteiger partial charge in [0.15, 0.2) is 0 Å². The number of halogens is 4. The maximum atomic E-state index is 15.4. The molecular weight excluding hydrogens is 504 g/mol. The topological polar surface area (TPSA) is 45.6 Å². The third-order valence-corrected chi connectivity index (χ3v) is 8.17. The predicted octanol–water partition coefficient (Wildman–Crippen LogP) is 6.78. The standard InChI is InChI=1S/C28H32F4N2O2S/c1-36-22-5-9-27-25(16-22)24(10-12-33-27)26(29)8-2-19-11-13-34(17-20(19)18-35)14-15-37-23-6-3-21(4-7-23)28(30,31)32/h3-7,9-10,12,16,19-20,26,35H,2,8,11,13-15,17-18H2,1H3/t19-,20-,26?/m1/s1. The van der Waals surface area contributed by atoms with E-state index in [4.69, 9.17) is 4.74 Å². The second-order valence-corrected chi connectivity index (χ2v) is 10.7. The summed E-state index contributed by atoms with van der Waals surface area (Å²) in [6, 6.07) is 12.4. The summed E-state index contributed by atoms with van der Waals surface area (Å²) in [6.07, 6.45) is -1.87. The number of methoxy groups -OCH3 is 1. The molecule has 2 aromatic carbocycles. The molecule has 1 fully saturated rings. The highest BCUT2D eigenvalue weighted by Crippen LogP contribution is 2.35. The maximum Gasteiger partial charge on any atom is 0.416 e. The number of aliphatic hydroxyl groups is 1. The number of thioether (sulfide) groups is 1. The SMILES string of the molecule is COc1ccc2nccc(C(F)CC[C@@H]3CCN(CCSc4ccc(C(F)(F)F)cc4)C[C@@H]3CO)c2c1. The molecule has 200 valence electrons. The van der Waals surface area contributed by atoms with Crippen LogP contribution in [0.5, 0.6) is 5.75 Å². The highest BCUT2D eigenvalue weighted by atomic mass is 32.2. The van der Waals surface area contributed by atoms with Gasteiger partial charge >= 0.3 is 6.18 Å². The molecule has 1 saturated heterocycles. The first-order chi connectivity index (χ1) is 17.8. The van der Waals surface area contributed by atoms with Crippen LogP contribution in [-0.2, 0) is 6.18 Å². The van der Waals surface area contributed by atoms with E-state index >= 15 is 4.39 Å². The number of pyridine rings is 1. The molecule has 4 nitrogen and oxygen atoms in total. The van der Waals surface area contributed by atoms with Crippen molar-refractivity contribution in [1.29, 1.82) is 0 Å². The largest absolute Gasteiger partial charge is 0.497 e. The Hall–Kier alpha value is -2.36. The number of aliphatic hydroxyl groups excluding tert-OH is 1. The lowest BCUT2D eigenvalue weighted by Crippen LogP contribution is -2.43. The van der Waals surface area contributed by atoms with E-state index in [2.05, 4.69) is 9.88 Å². The molecule has 4 rings (SSSR count). The number of ether oxygens (including phenoxy) is 1. The highest BCUT2D eigenvalue weighted by molar-refractivity contribution is 7.99. The fourth-order valence-electron chi connectivity index (χ4n) is 5.04. The van der Waals surface area contributed by atoms with Crippen LogP contribution in [0.25, 0.3) is 10.9 Å². The molecule has 1 unspecified atom stereocenters. The molecule has 0 spiro atoms. The Morgan fingerprint density at radius 1 is 1.14 bits per heavy atom. The summed E-state index contributed by atoms with van der Waals surface area (Å²) in [7, 11) is 1.58. The van der Waals surface area contributed by atoms with Crippen molar-refractivity contribution in [3.05, 3.63) is 65.9 Å². The molecule has 3 aromatic rings. The maximum absolute atomic E-state index is 15.4. The number of nitrogens with zero attached hydrogens (tertiary/aromatic N) is 2. The number of rotatable bonds is 10. The molecule has 2 heterocycles. The molecule has 0 saturated carbocycles. The molecule has 0 aliphatic carbocycles. The number of fused-ring (bicyclic) bond motifs is 1. The van der Waals surface area contributed by atoms with Crippen molar-refractivity contribution in [2.45, 2.75) is 36.5 Å². The molecule has 1 N–H and O–H groups in total. The van der Waals surface area contributed by atoms with E-state index in [1.165, 1.54) is 23.9 Å². The number of alkyl halides is 4. The second kappa shape index (κ2) is 12.5. The Morgan fingerprint density at radius 3 is 2.62 bits per heavy atom. The predicted molar refractivity (Wildman–Crippen MR) is 139 cm³/mol. The third-order valence-electron chi connectivity index (χ3n) is 7.18. The van der Waals surface area contributed by atoms with Crippen molar-refractivity contribution >= 4 is 22.7 Å². The van der Waals surface area contributed by atoms with Gasteiger partial charge in [0.25, 0.3) is 0 Å². The lowest BCUT2D eigenvalue weighted by Gasteiger charge is -2.38. The number of likely N-dealkylation sites (tertiary alicyclic amines) is 1. The van der Waals surface area contributed by atoms with Crippen molar-refractivity contribution in [2.24, 2.45) is 11.8 Å². The number of hydrogen-bond acceptors (Lipinski definition) is 5. The van der Waals surface area contributed by atoms with Crippen LogP contribution in [0.3, 0.4) is 0 Å². The van der Waals surface area contributed by atoms with E-state index in [-0.39, 0.29) is 18.4 Å². The van der Waals surface area contributed by atoms with Crippen LogP contribution < -0.4 is 4.74 Å². The van der Waals surface area contributed by atoms with Crippen molar-refractivity contribution in [2.75, 3.05) is 39.1 Å². The molecule has 1 aliphatic rings. The van der Waals surface area contributed by atoms with Gasteiger partial charge in [-0.15, -0.1) is 11.8 Å². The molecule has 0 bridgehead atoms. The van der Waals surface area contributed by atoms with Crippen molar-refractivity contribution in [1.82, 2.24) is 9.88 Å². The number of aromatic nitrogens is 1. The van der Waals surface area contributed by atoms with Gasteiger partial charge in [0, 0.05) is 41.9 Å². The smallest absolute Gasteiger partial charge is 0.416 e. The van der Waals surface area contributed by atoms with E-state index in [9.17, 15) is 18.3 Å². The number of piperidine rings is 1. The van der Waals surface area contributed by atoms with Crippen LogP contribution in [0, 0.1) is 11.8 Å². The molecule has 1 aliphatic heterocycles. The molecule has 37 heavy (non-hydrogen) atoms. The molecular formula is C28H32F4N2O2S. The van der Waals surface area contributed by atoms with Gasteiger partial charge in [-0.1, -0.05) is 0 Å². The first-order valence-corrected chi connectivity index (χ1v) is 13.5. The monoisotopic (exact) mass is 536 g/mol. The fraction of sp³-hybridized carbons (Fsp3) is 0.464. The zero-order chi connectivity index (χ0) is 26.4. The Bertz CT molecular complexity index is 1160. The van der Waals surface area contributed by atoms with Crippen molar-refractivity contribution < 1.29 is 27.4 Å². The Kier molecular flexibility index (Phi) is 9.31. The van der Waals surface area contributed by atoms with Crippen LogP contribution in [0.2, 0.25) is 0 Å². The molecule has 0 radical (unpaired) electrons. The number of benzene rings is 2. The highest BCUT2D eigenvalue weighted by Gasteiger charge is 2.31. The second-order valence-electron chi connectivity index (χ2n) is 9.49. The average molecular weight is 537 g/mol. The van der Waals surface area contributed by atoms with Crippen LogP contribution in [-0.4, -0.2) is 54.1 Å². The first-order valence-electron chi connectivity index (χ1n) is 12.5. The van der Waals surface area contributed by atoms with E-state index < -0.39 is 17.9 Å². The van der Waals surface area contributed by atoms with Gasteiger partial charge in [-0.2, -0.15) is 13.2 Å². The summed E-state index contributed by atoms with van der Waals surface area (Å²) in [5, 5.41) is 10.8. The van der Waals surface area contributed by atoms with Crippen LogP contribution in [0.4, 0.5) is 17.6 Å². The minimum Gasteiger partial charge on any atom is -0.497 e. The summed E-state index contributed by atoms with van der Waals surface area (Å²) in [5.41, 5.74) is 0.705. The lowest BCUT2D eigenvalue weighted by molar-refractivity contribution is -0.137. The fourth-order valence-corrected chi connectivity index (χ4v) is 5.96. The molecule has 9 heteroatoms. The number of hydrogen-bond donors (Lipinski definition) is 1. The van der Waals surface area contributed by atoms with Gasteiger partial charge in [0.2, 0.25) is 0 Å². The lowest BCUT2D eigenvalue weighted by atomic mass is 9.81. The molecule has 0 amide bonds.